The molecule has 0 saturated carbocycles. The van der Waals surface area contributed by atoms with Crippen LogP contribution in [-0.4, -0.2) is 24.1 Å². The monoisotopic (exact) mass is 342 g/mol. The lowest BCUT2D eigenvalue weighted by atomic mass is 9.78. The lowest BCUT2D eigenvalue weighted by Gasteiger charge is -2.32. The van der Waals surface area contributed by atoms with Crippen LogP contribution in [0, 0.1) is 12.7 Å². The van der Waals surface area contributed by atoms with E-state index in [0.717, 1.165) is 11.0 Å². The van der Waals surface area contributed by atoms with Gasteiger partial charge in [0, 0.05) is 11.3 Å². The molecule has 1 aromatic rings. The molecule has 0 amide bonds. The van der Waals surface area contributed by atoms with E-state index in [-0.39, 0.29) is 5.82 Å². The van der Waals surface area contributed by atoms with Gasteiger partial charge in [-0.2, -0.15) is 12.6 Å². The minimum Gasteiger partial charge on any atom is -0.400 e. The minimum atomic E-state index is -0.482. The van der Waals surface area contributed by atoms with Crippen molar-refractivity contribution in [3.8, 4) is 0 Å². The summed E-state index contributed by atoms with van der Waals surface area (Å²) >= 11 is 10.6. The highest BCUT2D eigenvalue weighted by Crippen LogP contribution is 2.39. The molecule has 1 aromatic carbocycles. The summed E-state index contributed by atoms with van der Waals surface area (Å²) in [5, 5.41) is 0.399. The van der Waals surface area contributed by atoms with E-state index in [1.807, 2.05) is 33.8 Å². The Labute approximate surface area is 142 Å². The summed E-state index contributed by atoms with van der Waals surface area (Å²) in [6.07, 6.45) is 1.86. The molecule has 1 heterocycles. The normalized spacial score (nSPS) is 20.5. The maximum Gasteiger partial charge on any atom is 0.491 e. The molecule has 1 saturated heterocycles. The first-order valence-electron chi connectivity index (χ1n) is 7.20. The van der Waals surface area contributed by atoms with Gasteiger partial charge in [-0.3, -0.25) is 0 Å². The van der Waals surface area contributed by atoms with Crippen molar-refractivity contribution in [1.82, 2.24) is 0 Å². The molecule has 120 valence electrons. The molecule has 6 heteroatoms. The van der Waals surface area contributed by atoms with Crippen molar-refractivity contribution in [2.75, 3.05) is 5.75 Å². The summed E-state index contributed by atoms with van der Waals surface area (Å²) in [6.45, 7) is 9.65. The van der Waals surface area contributed by atoms with Crippen LogP contribution in [0.4, 0.5) is 4.39 Å². The first-order chi connectivity index (χ1) is 10.1. The third-order valence-corrected chi connectivity index (χ3v) is 5.30. The Morgan fingerprint density at radius 3 is 2.32 bits per heavy atom. The van der Waals surface area contributed by atoms with Gasteiger partial charge in [0.25, 0.3) is 0 Å². The standard InChI is InChI=1S/C16H21BClFO2S/c1-10-13(19)7-6-11(14(10)18)8-12(9-22)17-20-15(2,3)16(4,5)21-17/h6-8,22H,9H2,1-5H3. The lowest BCUT2D eigenvalue weighted by molar-refractivity contribution is 0.00578. The van der Waals surface area contributed by atoms with Gasteiger partial charge in [-0.1, -0.05) is 23.7 Å². The summed E-state index contributed by atoms with van der Waals surface area (Å²) < 4.78 is 25.6. The van der Waals surface area contributed by atoms with Crippen molar-refractivity contribution in [2.45, 2.75) is 45.8 Å². The second kappa shape index (κ2) is 6.19. The van der Waals surface area contributed by atoms with Gasteiger partial charge in [0.15, 0.2) is 0 Å². The maximum atomic E-state index is 13.5. The average molecular weight is 343 g/mol. The topological polar surface area (TPSA) is 18.5 Å². The molecule has 0 atom stereocenters. The first kappa shape index (κ1) is 17.9. The average Bonchev–Trinajstić information content (AvgIpc) is 2.64. The van der Waals surface area contributed by atoms with Gasteiger partial charge in [0.2, 0.25) is 0 Å². The molecule has 0 N–H and O–H groups in total. The van der Waals surface area contributed by atoms with Gasteiger partial charge in [0.05, 0.1) is 16.2 Å². The van der Waals surface area contributed by atoms with Crippen LogP contribution in [0.15, 0.2) is 17.6 Å². The summed E-state index contributed by atoms with van der Waals surface area (Å²) in [5.74, 6) is 0.147. The van der Waals surface area contributed by atoms with Crippen LogP contribution in [-0.2, 0) is 9.31 Å². The van der Waals surface area contributed by atoms with E-state index in [2.05, 4.69) is 12.6 Å². The highest BCUT2D eigenvalue weighted by Gasteiger charge is 2.52. The summed E-state index contributed by atoms with van der Waals surface area (Å²) in [5.41, 5.74) is 1.20. The van der Waals surface area contributed by atoms with Crippen LogP contribution in [0.1, 0.15) is 38.8 Å². The third kappa shape index (κ3) is 3.23. The maximum absolute atomic E-state index is 13.5. The van der Waals surface area contributed by atoms with Crippen LogP contribution in [0.2, 0.25) is 5.02 Å². The molecule has 22 heavy (non-hydrogen) atoms. The van der Waals surface area contributed by atoms with E-state index < -0.39 is 18.3 Å². The summed E-state index contributed by atoms with van der Waals surface area (Å²) in [7, 11) is -0.482. The lowest BCUT2D eigenvalue weighted by Crippen LogP contribution is -2.41. The Kier molecular flexibility index (Phi) is 5.03. The predicted molar refractivity (Wildman–Crippen MR) is 94.1 cm³/mol. The molecule has 0 aliphatic carbocycles. The second-order valence-electron chi connectivity index (χ2n) is 6.54. The Morgan fingerprint density at radius 1 is 1.27 bits per heavy atom. The molecular formula is C16H21BClFO2S. The largest absolute Gasteiger partial charge is 0.491 e. The van der Waals surface area contributed by atoms with Crippen LogP contribution >= 0.6 is 24.2 Å². The van der Waals surface area contributed by atoms with Crippen molar-refractivity contribution in [2.24, 2.45) is 0 Å². The molecule has 0 aromatic heterocycles. The van der Waals surface area contributed by atoms with E-state index >= 15 is 0 Å². The summed E-state index contributed by atoms with van der Waals surface area (Å²) in [6, 6.07) is 3.06. The van der Waals surface area contributed by atoms with Gasteiger partial charge >= 0.3 is 7.12 Å². The number of thiol groups is 1. The van der Waals surface area contributed by atoms with Gasteiger partial charge in [0.1, 0.15) is 5.82 Å². The van der Waals surface area contributed by atoms with Crippen molar-refractivity contribution in [3.63, 3.8) is 0 Å². The van der Waals surface area contributed by atoms with Gasteiger partial charge in [-0.25, -0.2) is 4.39 Å². The van der Waals surface area contributed by atoms with E-state index in [1.165, 1.54) is 6.07 Å². The molecule has 0 bridgehead atoms. The Bertz CT molecular complexity index is 600. The van der Waals surface area contributed by atoms with Crippen LogP contribution < -0.4 is 0 Å². The molecule has 2 rings (SSSR count). The van der Waals surface area contributed by atoms with Gasteiger partial charge in [-0.05, 0) is 51.7 Å². The number of hydrogen-bond acceptors (Lipinski definition) is 3. The fourth-order valence-corrected chi connectivity index (χ4v) is 2.62. The smallest absolute Gasteiger partial charge is 0.400 e. The van der Waals surface area contributed by atoms with Crippen molar-refractivity contribution in [1.29, 1.82) is 0 Å². The molecule has 1 aliphatic rings. The molecular weight excluding hydrogens is 322 g/mol. The fourth-order valence-electron chi connectivity index (χ4n) is 2.18. The molecule has 1 fully saturated rings. The van der Waals surface area contributed by atoms with E-state index in [4.69, 9.17) is 20.9 Å². The van der Waals surface area contributed by atoms with Crippen molar-refractivity contribution in [3.05, 3.63) is 39.6 Å². The van der Waals surface area contributed by atoms with E-state index in [9.17, 15) is 4.39 Å². The molecule has 0 unspecified atom stereocenters. The number of rotatable bonds is 3. The first-order valence-corrected chi connectivity index (χ1v) is 8.21. The minimum absolute atomic E-state index is 0.315. The summed E-state index contributed by atoms with van der Waals surface area (Å²) in [4.78, 5) is 0. The molecule has 0 radical (unpaired) electrons. The quantitative estimate of drug-likeness (QED) is 0.632. The zero-order valence-electron chi connectivity index (χ0n) is 13.5. The predicted octanol–water partition coefficient (Wildman–Crippen LogP) is 4.73. The van der Waals surface area contributed by atoms with E-state index in [0.29, 0.717) is 16.3 Å². The number of hydrogen-bond donors (Lipinski definition) is 1. The van der Waals surface area contributed by atoms with Crippen molar-refractivity contribution < 1.29 is 13.7 Å². The van der Waals surface area contributed by atoms with Gasteiger partial charge < -0.3 is 9.31 Å². The molecule has 2 nitrogen and oxygen atoms in total. The number of benzene rings is 1. The van der Waals surface area contributed by atoms with Crippen LogP contribution in [0.5, 0.6) is 0 Å². The third-order valence-electron chi connectivity index (χ3n) is 4.43. The Morgan fingerprint density at radius 2 is 1.82 bits per heavy atom. The fraction of sp³-hybridized carbons (Fsp3) is 0.500. The van der Waals surface area contributed by atoms with Crippen LogP contribution in [0.3, 0.4) is 0 Å². The van der Waals surface area contributed by atoms with Crippen LogP contribution in [0.25, 0.3) is 6.08 Å². The number of halogens is 2. The highest BCUT2D eigenvalue weighted by molar-refractivity contribution is 7.80. The molecule has 0 spiro atoms. The SMILES string of the molecule is Cc1c(F)ccc(C=C(CS)B2OC(C)(C)C(C)(C)O2)c1Cl. The second-order valence-corrected chi connectivity index (χ2v) is 7.24. The Hall–Kier alpha value is -0.485. The van der Waals surface area contributed by atoms with Crippen molar-refractivity contribution >= 4 is 37.4 Å². The zero-order valence-corrected chi connectivity index (χ0v) is 15.2. The Balaban J connectivity index is 2.36. The zero-order chi connectivity index (χ0) is 16.7. The highest BCUT2D eigenvalue weighted by atomic mass is 35.5. The van der Waals surface area contributed by atoms with E-state index in [1.54, 1.807) is 13.0 Å². The van der Waals surface area contributed by atoms with Gasteiger partial charge in [-0.15, -0.1) is 0 Å². The molecule has 1 aliphatic heterocycles.